The molecule has 0 unspecified atom stereocenters. The molecule has 2 rings (SSSR count). The van der Waals surface area contributed by atoms with Crippen LogP contribution in [-0.2, 0) is 6.54 Å². The average molecular weight is 294 g/mol. The molecule has 1 N–H and O–H groups in total. The Morgan fingerprint density at radius 3 is 2.76 bits per heavy atom. The maximum absolute atomic E-state index is 12.6. The van der Waals surface area contributed by atoms with Gasteiger partial charge in [0.2, 0.25) is 0 Å². The summed E-state index contributed by atoms with van der Waals surface area (Å²) in [5.41, 5.74) is 0.384. The summed E-state index contributed by atoms with van der Waals surface area (Å²) in [5.74, 6) is -0.136. The van der Waals surface area contributed by atoms with Crippen molar-refractivity contribution in [2.24, 2.45) is 0 Å². The Morgan fingerprint density at radius 1 is 1.52 bits per heavy atom. The normalized spacial score (nSPS) is 15.9. The topological polar surface area (TPSA) is 80.4 Å². The van der Waals surface area contributed by atoms with Crippen LogP contribution >= 0.6 is 0 Å². The van der Waals surface area contributed by atoms with E-state index >= 15 is 0 Å². The van der Waals surface area contributed by atoms with Crippen LogP contribution in [0.3, 0.4) is 0 Å². The van der Waals surface area contributed by atoms with Crippen molar-refractivity contribution in [2.45, 2.75) is 38.8 Å². The summed E-state index contributed by atoms with van der Waals surface area (Å²) in [6, 6.07) is 1.58. The van der Waals surface area contributed by atoms with Gasteiger partial charge in [0.25, 0.3) is 11.6 Å². The van der Waals surface area contributed by atoms with Gasteiger partial charge in [-0.3, -0.25) is 14.9 Å². The standard InChI is InChI=1S/C14H22N4O3/c1-3-8-17-10-12(18(20)21)9-13(17)14(19)16(2)11-4-6-15-7-5-11/h9-11,15H,3-8H2,1-2H3. The zero-order valence-corrected chi connectivity index (χ0v) is 12.5. The zero-order chi connectivity index (χ0) is 15.4. The highest BCUT2D eigenvalue weighted by Crippen LogP contribution is 2.20. The van der Waals surface area contributed by atoms with Gasteiger partial charge in [-0.25, -0.2) is 0 Å². The fraction of sp³-hybridized carbons (Fsp3) is 0.643. The number of carbonyl (C=O) groups is 1. The lowest BCUT2D eigenvalue weighted by Crippen LogP contribution is -2.44. The number of nitrogens with one attached hydrogen (secondary N) is 1. The molecule has 0 spiro atoms. The molecular weight excluding hydrogens is 272 g/mol. The molecule has 0 saturated carbocycles. The van der Waals surface area contributed by atoms with E-state index in [0.717, 1.165) is 32.4 Å². The number of hydrogen-bond donors (Lipinski definition) is 1. The highest BCUT2D eigenvalue weighted by atomic mass is 16.6. The highest BCUT2D eigenvalue weighted by Gasteiger charge is 2.26. The van der Waals surface area contributed by atoms with Gasteiger partial charge in [0.1, 0.15) is 5.69 Å². The van der Waals surface area contributed by atoms with E-state index in [0.29, 0.717) is 12.2 Å². The predicted octanol–water partition coefficient (Wildman–Crippen LogP) is 1.63. The van der Waals surface area contributed by atoms with E-state index in [9.17, 15) is 14.9 Å². The quantitative estimate of drug-likeness (QED) is 0.661. The van der Waals surface area contributed by atoms with Crippen molar-refractivity contribution in [2.75, 3.05) is 20.1 Å². The van der Waals surface area contributed by atoms with Gasteiger partial charge in [-0.2, -0.15) is 0 Å². The van der Waals surface area contributed by atoms with Gasteiger partial charge in [0.15, 0.2) is 0 Å². The van der Waals surface area contributed by atoms with Crippen molar-refractivity contribution in [3.8, 4) is 0 Å². The van der Waals surface area contributed by atoms with E-state index in [1.54, 1.807) is 16.5 Å². The molecule has 7 heteroatoms. The summed E-state index contributed by atoms with van der Waals surface area (Å²) in [4.78, 5) is 24.8. The second-order valence-corrected chi connectivity index (χ2v) is 5.43. The number of carbonyl (C=O) groups excluding carboxylic acids is 1. The van der Waals surface area contributed by atoms with Crippen LogP contribution < -0.4 is 5.32 Å². The first-order valence-corrected chi connectivity index (χ1v) is 7.37. The monoisotopic (exact) mass is 294 g/mol. The Bertz CT molecular complexity index is 520. The lowest BCUT2D eigenvalue weighted by atomic mass is 10.1. The van der Waals surface area contributed by atoms with Gasteiger partial charge in [0.05, 0.1) is 11.1 Å². The number of piperidine rings is 1. The number of nitro groups is 1. The molecule has 1 saturated heterocycles. The van der Waals surface area contributed by atoms with Crippen molar-refractivity contribution in [3.05, 3.63) is 28.1 Å². The third-order valence-electron chi connectivity index (χ3n) is 3.95. The molecule has 116 valence electrons. The second kappa shape index (κ2) is 6.71. The van der Waals surface area contributed by atoms with Crippen LogP contribution in [0.15, 0.2) is 12.3 Å². The first-order valence-electron chi connectivity index (χ1n) is 7.37. The molecular formula is C14H22N4O3. The molecule has 0 aromatic carbocycles. The van der Waals surface area contributed by atoms with E-state index in [1.165, 1.54) is 12.3 Å². The average Bonchev–Trinajstić information content (AvgIpc) is 2.91. The third-order valence-corrected chi connectivity index (χ3v) is 3.95. The first kappa shape index (κ1) is 15.5. The molecule has 1 amide bonds. The fourth-order valence-corrected chi connectivity index (χ4v) is 2.74. The van der Waals surface area contributed by atoms with Gasteiger partial charge in [0, 0.05) is 25.7 Å². The molecule has 0 aliphatic carbocycles. The lowest BCUT2D eigenvalue weighted by Gasteiger charge is -2.31. The predicted molar refractivity (Wildman–Crippen MR) is 79.4 cm³/mol. The van der Waals surface area contributed by atoms with Gasteiger partial charge < -0.3 is 14.8 Å². The van der Waals surface area contributed by atoms with Crippen LogP contribution in [0.1, 0.15) is 36.7 Å². The fourth-order valence-electron chi connectivity index (χ4n) is 2.74. The minimum atomic E-state index is -0.451. The van der Waals surface area contributed by atoms with Gasteiger partial charge in [-0.1, -0.05) is 6.92 Å². The largest absolute Gasteiger partial charge is 0.337 e. The molecule has 1 fully saturated rings. The summed E-state index contributed by atoms with van der Waals surface area (Å²) < 4.78 is 1.69. The Labute approximate surface area is 124 Å². The molecule has 1 aliphatic heterocycles. The van der Waals surface area contributed by atoms with Crippen molar-refractivity contribution in [3.63, 3.8) is 0 Å². The summed E-state index contributed by atoms with van der Waals surface area (Å²) in [6.07, 6.45) is 4.10. The van der Waals surface area contributed by atoms with Crippen LogP contribution in [0.4, 0.5) is 5.69 Å². The number of hydrogen-bond acceptors (Lipinski definition) is 4. The van der Waals surface area contributed by atoms with Crippen molar-refractivity contribution < 1.29 is 9.72 Å². The van der Waals surface area contributed by atoms with E-state index in [4.69, 9.17) is 0 Å². The number of aryl methyl sites for hydroxylation is 1. The Hall–Kier alpha value is -1.89. The minimum absolute atomic E-state index is 0.0227. The molecule has 0 radical (unpaired) electrons. The third kappa shape index (κ3) is 3.41. The molecule has 21 heavy (non-hydrogen) atoms. The smallest absolute Gasteiger partial charge is 0.287 e. The summed E-state index contributed by atoms with van der Waals surface area (Å²) in [6.45, 7) is 4.39. The van der Waals surface area contributed by atoms with Crippen LogP contribution in [0.2, 0.25) is 0 Å². The molecule has 0 bridgehead atoms. The lowest BCUT2D eigenvalue weighted by molar-refractivity contribution is -0.384. The van der Waals surface area contributed by atoms with E-state index in [-0.39, 0.29) is 17.6 Å². The Balaban J connectivity index is 2.22. The van der Waals surface area contributed by atoms with E-state index < -0.39 is 4.92 Å². The Morgan fingerprint density at radius 2 is 2.19 bits per heavy atom. The maximum atomic E-state index is 12.6. The van der Waals surface area contributed by atoms with E-state index in [1.807, 2.05) is 6.92 Å². The maximum Gasteiger partial charge on any atom is 0.287 e. The molecule has 2 heterocycles. The van der Waals surface area contributed by atoms with Gasteiger partial charge in [-0.15, -0.1) is 0 Å². The zero-order valence-electron chi connectivity index (χ0n) is 12.5. The number of amides is 1. The van der Waals surface area contributed by atoms with Crippen molar-refractivity contribution in [1.82, 2.24) is 14.8 Å². The van der Waals surface area contributed by atoms with Gasteiger partial charge >= 0.3 is 0 Å². The van der Waals surface area contributed by atoms with Crippen molar-refractivity contribution in [1.29, 1.82) is 0 Å². The molecule has 7 nitrogen and oxygen atoms in total. The van der Waals surface area contributed by atoms with E-state index in [2.05, 4.69) is 5.32 Å². The molecule has 0 atom stereocenters. The number of aromatic nitrogens is 1. The van der Waals surface area contributed by atoms with Crippen molar-refractivity contribution >= 4 is 11.6 Å². The first-order chi connectivity index (χ1) is 10.0. The molecule has 1 aromatic heterocycles. The molecule has 1 aliphatic rings. The van der Waals surface area contributed by atoms with Crippen LogP contribution in [-0.4, -0.2) is 46.5 Å². The highest BCUT2D eigenvalue weighted by molar-refractivity contribution is 5.93. The van der Waals surface area contributed by atoms with Gasteiger partial charge in [-0.05, 0) is 32.4 Å². The van der Waals surface area contributed by atoms with Crippen LogP contribution in [0.25, 0.3) is 0 Å². The summed E-state index contributed by atoms with van der Waals surface area (Å²) >= 11 is 0. The second-order valence-electron chi connectivity index (χ2n) is 5.43. The number of nitrogens with zero attached hydrogens (tertiary/aromatic N) is 3. The van der Waals surface area contributed by atoms with Crippen LogP contribution in [0, 0.1) is 10.1 Å². The van der Waals surface area contributed by atoms with Crippen LogP contribution in [0.5, 0.6) is 0 Å². The summed E-state index contributed by atoms with van der Waals surface area (Å²) in [7, 11) is 1.79. The minimum Gasteiger partial charge on any atom is -0.337 e. The Kier molecular flexibility index (Phi) is 4.95. The summed E-state index contributed by atoms with van der Waals surface area (Å²) in [5, 5.41) is 14.2. The SMILES string of the molecule is CCCn1cc([N+](=O)[O-])cc1C(=O)N(C)C1CCNCC1. The molecule has 1 aromatic rings. The number of rotatable bonds is 5.